The Morgan fingerprint density at radius 1 is 1.07 bits per heavy atom. The molecule has 148 valence electrons. The Morgan fingerprint density at radius 2 is 1.68 bits per heavy atom. The quantitative estimate of drug-likeness (QED) is 0.202. The minimum absolute atomic E-state index is 0.639. The SMILES string of the molecule is C=C.C=CC(=C)CCc1ccccc1Sc1ccc(COC)cc1.C=CC=O. The van der Waals surface area contributed by atoms with Gasteiger partial charge in [-0.3, -0.25) is 4.79 Å². The van der Waals surface area contributed by atoms with Crippen LogP contribution in [0.2, 0.25) is 0 Å². The number of aldehydes is 1. The fourth-order valence-corrected chi connectivity index (χ4v) is 3.13. The average Bonchev–Trinajstić information content (AvgIpc) is 2.76. The van der Waals surface area contributed by atoms with Crippen LogP contribution in [0.4, 0.5) is 0 Å². The van der Waals surface area contributed by atoms with Crippen LogP contribution in [0.25, 0.3) is 0 Å². The van der Waals surface area contributed by atoms with E-state index in [0.29, 0.717) is 12.9 Å². The van der Waals surface area contributed by atoms with Crippen LogP contribution in [0.1, 0.15) is 17.5 Å². The number of aryl methyl sites for hydroxylation is 1. The van der Waals surface area contributed by atoms with Gasteiger partial charge in [0.2, 0.25) is 0 Å². The Labute approximate surface area is 174 Å². The van der Waals surface area contributed by atoms with Gasteiger partial charge in [0.05, 0.1) is 6.61 Å². The Hall–Kier alpha value is -2.62. The van der Waals surface area contributed by atoms with Gasteiger partial charge in [-0.05, 0) is 48.2 Å². The number of rotatable bonds is 9. The van der Waals surface area contributed by atoms with Gasteiger partial charge in [-0.2, -0.15) is 0 Å². The molecule has 3 heteroatoms. The maximum atomic E-state index is 9.06. The highest BCUT2D eigenvalue weighted by molar-refractivity contribution is 7.99. The molecule has 0 fully saturated rings. The Bertz CT molecular complexity index is 726. The zero-order chi connectivity index (χ0) is 21.2. The smallest absolute Gasteiger partial charge is 0.142 e. The summed E-state index contributed by atoms with van der Waals surface area (Å²) in [6, 6.07) is 17.1. The molecule has 0 aromatic heterocycles. The zero-order valence-electron chi connectivity index (χ0n) is 16.7. The van der Waals surface area contributed by atoms with Gasteiger partial charge in [-0.1, -0.05) is 73.5 Å². The summed E-state index contributed by atoms with van der Waals surface area (Å²) in [5, 5.41) is 0. The van der Waals surface area contributed by atoms with Crippen LogP contribution in [0.3, 0.4) is 0 Å². The third kappa shape index (κ3) is 10.5. The third-order valence-corrected chi connectivity index (χ3v) is 4.66. The summed E-state index contributed by atoms with van der Waals surface area (Å²) >= 11 is 1.80. The van der Waals surface area contributed by atoms with Crippen LogP contribution in [-0.4, -0.2) is 13.4 Å². The van der Waals surface area contributed by atoms with Crippen molar-refractivity contribution in [3.05, 3.63) is 110 Å². The molecule has 0 bridgehead atoms. The van der Waals surface area contributed by atoms with Crippen LogP contribution in [0.15, 0.2) is 109 Å². The molecule has 0 aliphatic carbocycles. The van der Waals surface area contributed by atoms with E-state index in [1.54, 1.807) is 18.9 Å². The molecule has 2 aromatic carbocycles. The lowest BCUT2D eigenvalue weighted by Gasteiger charge is -2.10. The van der Waals surface area contributed by atoms with E-state index in [1.807, 2.05) is 6.08 Å². The normalized spacial score (nSPS) is 9.04. The fraction of sp³-hybridized carbons (Fsp3) is 0.160. The fourth-order valence-electron chi connectivity index (χ4n) is 2.15. The maximum absolute atomic E-state index is 9.06. The van der Waals surface area contributed by atoms with Crippen molar-refractivity contribution in [2.24, 2.45) is 0 Å². The first kappa shape index (κ1) is 25.4. The number of methoxy groups -OCH3 is 1. The molecule has 0 saturated carbocycles. The highest BCUT2D eigenvalue weighted by Crippen LogP contribution is 2.31. The lowest BCUT2D eigenvalue weighted by Crippen LogP contribution is -1.90. The zero-order valence-corrected chi connectivity index (χ0v) is 17.5. The highest BCUT2D eigenvalue weighted by atomic mass is 32.2. The lowest BCUT2D eigenvalue weighted by atomic mass is 10.1. The summed E-state index contributed by atoms with van der Waals surface area (Å²) in [5.41, 5.74) is 3.64. The molecular weight excluding hydrogens is 364 g/mol. The van der Waals surface area contributed by atoms with Gasteiger partial charge in [0.25, 0.3) is 0 Å². The van der Waals surface area contributed by atoms with Crippen molar-refractivity contribution in [2.75, 3.05) is 7.11 Å². The topological polar surface area (TPSA) is 26.3 Å². The molecule has 0 saturated heterocycles. The summed E-state index contributed by atoms with van der Waals surface area (Å²) in [4.78, 5) is 11.6. The second-order valence-corrected chi connectivity index (χ2v) is 6.64. The van der Waals surface area contributed by atoms with E-state index < -0.39 is 0 Å². The summed E-state index contributed by atoms with van der Waals surface area (Å²) in [6.45, 7) is 17.5. The first-order chi connectivity index (χ1) is 13.6. The van der Waals surface area contributed by atoms with Crippen molar-refractivity contribution in [3.8, 4) is 0 Å². The van der Waals surface area contributed by atoms with E-state index in [-0.39, 0.29) is 0 Å². The number of carbonyl (C=O) groups excluding carboxylic acids is 1. The van der Waals surface area contributed by atoms with Crippen LogP contribution in [0, 0.1) is 0 Å². The summed E-state index contributed by atoms with van der Waals surface area (Å²) in [5.74, 6) is 0. The van der Waals surface area contributed by atoms with E-state index in [1.165, 1.54) is 27.0 Å². The molecule has 2 rings (SSSR count). The predicted octanol–water partition coefficient (Wildman–Crippen LogP) is 6.83. The number of hydrogen-bond donors (Lipinski definition) is 0. The molecule has 28 heavy (non-hydrogen) atoms. The molecule has 0 amide bonds. The Kier molecular flexibility index (Phi) is 15.0. The maximum Gasteiger partial charge on any atom is 0.142 e. The lowest BCUT2D eigenvalue weighted by molar-refractivity contribution is -0.104. The van der Waals surface area contributed by atoms with Gasteiger partial charge in [0.15, 0.2) is 0 Å². The molecule has 0 aliphatic heterocycles. The summed E-state index contributed by atoms with van der Waals surface area (Å²) in [6.07, 6.45) is 5.62. The van der Waals surface area contributed by atoms with Crippen molar-refractivity contribution < 1.29 is 9.53 Å². The van der Waals surface area contributed by atoms with E-state index in [9.17, 15) is 0 Å². The third-order valence-electron chi connectivity index (χ3n) is 3.54. The summed E-state index contributed by atoms with van der Waals surface area (Å²) < 4.78 is 5.15. The molecular formula is C25H30O2S. The van der Waals surface area contributed by atoms with Gasteiger partial charge in [0.1, 0.15) is 6.29 Å². The molecule has 0 heterocycles. The summed E-state index contributed by atoms with van der Waals surface area (Å²) in [7, 11) is 1.72. The number of benzene rings is 2. The predicted molar refractivity (Wildman–Crippen MR) is 123 cm³/mol. The molecule has 0 N–H and O–H groups in total. The highest BCUT2D eigenvalue weighted by Gasteiger charge is 2.05. The monoisotopic (exact) mass is 394 g/mol. The van der Waals surface area contributed by atoms with Gasteiger partial charge >= 0.3 is 0 Å². The van der Waals surface area contributed by atoms with E-state index >= 15 is 0 Å². The van der Waals surface area contributed by atoms with Gasteiger partial charge in [0, 0.05) is 16.9 Å². The van der Waals surface area contributed by atoms with Crippen LogP contribution < -0.4 is 0 Å². The van der Waals surface area contributed by atoms with Gasteiger partial charge < -0.3 is 4.74 Å². The van der Waals surface area contributed by atoms with E-state index in [0.717, 1.165) is 18.4 Å². The number of hydrogen-bond acceptors (Lipinski definition) is 3. The van der Waals surface area contributed by atoms with E-state index in [4.69, 9.17) is 9.53 Å². The van der Waals surface area contributed by atoms with Crippen molar-refractivity contribution in [3.63, 3.8) is 0 Å². The minimum atomic E-state index is 0.639. The van der Waals surface area contributed by atoms with Gasteiger partial charge in [-0.15, -0.1) is 13.2 Å². The van der Waals surface area contributed by atoms with Crippen molar-refractivity contribution in [1.82, 2.24) is 0 Å². The molecule has 0 spiro atoms. The van der Waals surface area contributed by atoms with Crippen molar-refractivity contribution in [1.29, 1.82) is 0 Å². The first-order valence-electron chi connectivity index (χ1n) is 8.84. The van der Waals surface area contributed by atoms with Crippen molar-refractivity contribution in [2.45, 2.75) is 29.2 Å². The number of carbonyl (C=O) groups is 1. The Balaban J connectivity index is 0.00000108. The molecule has 2 aromatic rings. The van der Waals surface area contributed by atoms with Gasteiger partial charge in [-0.25, -0.2) is 0 Å². The Morgan fingerprint density at radius 3 is 2.21 bits per heavy atom. The second kappa shape index (κ2) is 16.5. The first-order valence-corrected chi connectivity index (χ1v) is 9.66. The van der Waals surface area contributed by atoms with Crippen LogP contribution >= 0.6 is 11.8 Å². The minimum Gasteiger partial charge on any atom is -0.380 e. The second-order valence-electron chi connectivity index (χ2n) is 5.52. The molecule has 0 aliphatic rings. The average molecular weight is 395 g/mol. The standard InChI is InChI=1S/C20H22OS.C3H4O.C2H4/c1-4-16(2)9-12-18-7-5-6-8-20(18)22-19-13-10-17(11-14-19)15-21-3;1-2-3-4;1-2/h4-8,10-11,13-14H,1-2,9,12,15H2,3H3;2-3H,1H2;1-2H2. The molecule has 0 radical (unpaired) electrons. The van der Waals surface area contributed by atoms with Crippen LogP contribution in [-0.2, 0) is 22.6 Å². The van der Waals surface area contributed by atoms with E-state index in [2.05, 4.69) is 81.4 Å². The molecule has 2 nitrogen and oxygen atoms in total. The largest absolute Gasteiger partial charge is 0.380 e. The number of ether oxygens (including phenoxy) is 1. The number of allylic oxidation sites excluding steroid dienone is 3. The van der Waals surface area contributed by atoms with Crippen LogP contribution in [0.5, 0.6) is 0 Å². The molecule has 0 unspecified atom stereocenters. The van der Waals surface area contributed by atoms with Crippen molar-refractivity contribution >= 4 is 18.0 Å². The molecule has 0 atom stereocenters.